The van der Waals surface area contributed by atoms with E-state index in [2.05, 4.69) is 0 Å². The van der Waals surface area contributed by atoms with Gasteiger partial charge in [0.25, 0.3) is 0 Å². The maximum atomic E-state index is 12.6. The Hall–Kier alpha value is -1.57. The average molecular weight is 377 g/mol. The minimum absolute atomic E-state index is 0.185. The summed E-state index contributed by atoms with van der Waals surface area (Å²) in [5.74, 6) is 0.185. The molecule has 1 aromatic rings. The van der Waals surface area contributed by atoms with E-state index < -0.39 is 34.2 Å². The average Bonchev–Trinajstić information content (AvgIpc) is 2.93. The first kappa shape index (κ1) is 19.8. The van der Waals surface area contributed by atoms with Crippen molar-refractivity contribution in [2.24, 2.45) is 0 Å². The molecule has 140 valence electrons. The Morgan fingerprint density at radius 1 is 1.24 bits per heavy atom. The van der Waals surface area contributed by atoms with Crippen molar-refractivity contribution in [3.8, 4) is 0 Å². The van der Waals surface area contributed by atoms with Crippen molar-refractivity contribution in [1.29, 1.82) is 0 Å². The Morgan fingerprint density at radius 3 is 2.36 bits per heavy atom. The van der Waals surface area contributed by atoms with Crippen LogP contribution in [0.1, 0.15) is 39.2 Å². The summed E-state index contributed by atoms with van der Waals surface area (Å²) >= 11 is 0. The maximum absolute atomic E-state index is 12.6. The number of carbonyl (C=O) groups is 1. The van der Waals surface area contributed by atoms with Crippen LogP contribution in [0.4, 0.5) is 18.0 Å². The largest absolute Gasteiger partial charge is 0.444 e. The molecule has 1 aromatic carbocycles. The van der Waals surface area contributed by atoms with Gasteiger partial charge in [-0.2, -0.15) is 13.2 Å². The number of rotatable bonds is 3. The van der Waals surface area contributed by atoms with E-state index in [0.29, 0.717) is 17.9 Å². The van der Waals surface area contributed by atoms with Crippen LogP contribution in [0.25, 0.3) is 0 Å². The number of hydrogen-bond donors (Lipinski definition) is 0. The number of benzene rings is 1. The molecular weight excluding hydrogens is 355 g/mol. The predicted octanol–water partition coefficient (Wildman–Crippen LogP) is 4.21. The van der Waals surface area contributed by atoms with Gasteiger partial charge in [0, 0.05) is 23.2 Å². The molecule has 1 aliphatic rings. The molecule has 0 bridgehead atoms. The van der Waals surface area contributed by atoms with Crippen molar-refractivity contribution in [3.05, 3.63) is 29.8 Å². The van der Waals surface area contributed by atoms with E-state index in [1.165, 1.54) is 12.1 Å². The molecule has 1 saturated heterocycles. The third-order valence-corrected chi connectivity index (χ3v) is 5.28. The van der Waals surface area contributed by atoms with E-state index in [1.807, 2.05) is 0 Å². The molecular formula is C17H22F3NO3S. The van der Waals surface area contributed by atoms with Crippen molar-refractivity contribution in [2.75, 3.05) is 12.3 Å². The molecule has 1 heterocycles. The van der Waals surface area contributed by atoms with E-state index in [4.69, 9.17) is 4.74 Å². The highest BCUT2D eigenvalue weighted by molar-refractivity contribution is 7.85. The third kappa shape index (κ3) is 5.45. The molecule has 8 heteroatoms. The first-order valence-corrected chi connectivity index (χ1v) is 9.34. The highest BCUT2D eigenvalue weighted by Crippen LogP contribution is 2.30. The summed E-state index contributed by atoms with van der Waals surface area (Å²) in [6.45, 7) is 5.85. The second-order valence-electron chi connectivity index (χ2n) is 7.00. The number of nitrogens with zero attached hydrogens (tertiary/aromatic N) is 1. The Balaban J connectivity index is 2.03. The van der Waals surface area contributed by atoms with E-state index in [-0.39, 0.29) is 11.8 Å². The minimum atomic E-state index is -4.42. The van der Waals surface area contributed by atoms with Crippen LogP contribution in [-0.4, -0.2) is 39.1 Å². The van der Waals surface area contributed by atoms with Crippen LogP contribution >= 0.6 is 0 Å². The Bertz CT molecular complexity index is 638. The lowest BCUT2D eigenvalue weighted by atomic mass is 10.2. The summed E-state index contributed by atoms with van der Waals surface area (Å²) in [7, 11) is -1.49. The molecule has 25 heavy (non-hydrogen) atoms. The topological polar surface area (TPSA) is 46.6 Å². The summed E-state index contributed by atoms with van der Waals surface area (Å²) < 4.78 is 55.6. The first-order valence-electron chi connectivity index (χ1n) is 8.02. The normalized spacial score (nSPS) is 19.8. The first-order chi connectivity index (χ1) is 11.5. The molecule has 0 aromatic heterocycles. The molecule has 2 atom stereocenters. The van der Waals surface area contributed by atoms with Crippen molar-refractivity contribution < 1.29 is 26.9 Å². The van der Waals surface area contributed by atoms with Gasteiger partial charge in [-0.25, -0.2) is 4.79 Å². The van der Waals surface area contributed by atoms with Crippen molar-refractivity contribution in [1.82, 2.24) is 4.90 Å². The monoisotopic (exact) mass is 377 g/mol. The van der Waals surface area contributed by atoms with Crippen LogP contribution in [0.5, 0.6) is 0 Å². The molecule has 0 saturated carbocycles. The van der Waals surface area contributed by atoms with Crippen molar-refractivity contribution in [2.45, 2.75) is 56.3 Å². The Kier molecular flexibility index (Phi) is 5.81. The number of hydrogen-bond acceptors (Lipinski definition) is 3. The maximum Gasteiger partial charge on any atom is 0.416 e. The smallest absolute Gasteiger partial charge is 0.416 e. The molecule has 0 radical (unpaired) electrons. The fourth-order valence-corrected chi connectivity index (χ4v) is 3.96. The van der Waals surface area contributed by atoms with Gasteiger partial charge in [0.1, 0.15) is 5.60 Å². The zero-order chi connectivity index (χ0) is 18.8. The lowest BCUT2D eigenvalue weighted by molar-refractivity contribution is -0.137. The zero-order valence-corrected chi connectivity index (χ0v) is 15.2. The Morgan fingerprint density at radius 2 is 1.84 bits per heavy atom. The van der Waals surface area contributed by atoms with Crippen LogP contribution in [-0.2, 0) is 21.7 Å². The molecule has 0 aliphatic carbocycles. The van der Waals surface area contributed by atoms with Crippen LogP contribution in [0.2, 0.25) is 0 Å². The molecule has 0 N–H and O–H groups in total. The van der Waals surface area contributed by atoms with E-state index >= 15 is 0 Å². The van der Waals surface area contributed by atoms with Crippen molar-refractivity contribution >= 4 is 16.9 Å². The van der Waals surface area contributed by atoms with E-state index in [9.17, 15) is 22.2 Å². The lowest BCUT2D eigenvalue weighted by Crippen LogP contribution is -2.42. The van der Waals surface area contributed by atoms with E-state index in [0.717, 1.165) is 18.6 Å². The zero-order valence-electron chi connectivity index (χ0n) is 14.4. The molecule has 1 unspecified atom stereocenters. The minimum Gasteiger partial charge on any atom is -0.444 e. The van der Waals surface area contributed by atoms with Crippen LogP contribution < -0.4 is 0 Å². The van der Waals surface area contributed by atoms with Crippen molar-refractivity contribution in [3.63, 3.8) is 0 Å². The van der Waals surface area contributed by atoms with Gasteiger partial charge >= 0.3 is 12.3 Å². The van der Waals surface area contributed by atoms with Gasteiger partial charge in [0.2, 0.25) is 0 Å². The van der Waals surface area contributed by atoms with Gasteiger partial charge in [0.05, 0.1) is 16.4 Å². The summed E-state index contributed by atoms with van der Waals surface area (Å²) in [6.07, 6.45) is -3.38. The highest BCUT2D eigenvalue weighted by atomic mass is 32.2. The second-order valence-corrected chi connectivity index (χ2v) is 8.50. The lowest BCUT2D eigenvalue weighted by Gasteiger charge is -2.28. The molecule has 1 aliphatic heterocycles. The van der Waals surface area contributed by atoms with Crippen LogP contribution in [0, 0.1) is 0 Å². The number of carbonyl (C=O) groups excluding carboxylic acids is 1. The number of alkyl halides is 3. The van der Waals surface area contributed by atoms with Gasteiger partial charge in [-0.05, 0) is 57.9 Å². The fraction of sp³-hybridized carbons (Fsp3) is 0.588. The predicted molar refractivity (Wildman–Crippen MR) is 88.7 cm³/mol. The summed E-state index contributed by atoms with van der Waals surface area (Å²) in [6, 6.07) is 4.07. The van der Waals surface area contributed by atoms with Gasteiger partial charge < -0.3 is 9.64 Å². The number of halogens is 3. The quantitative estimate of drug-likeness (QED) is 0.793. The molecule has 2 rings (SSSR count). The standard InChI is InChI=1S/C17H22F3NO3S/c1-16(2,3)24-15(22)21-10-4-5-13(21)11-25(23)14-8-6-12(7-9-14)17(18,19)20/h6-9,13H,4-5,10-11H2,1-3H3/t13?,25-/m0/s1. The number of likely N-dealkylation sites (tertiary alicyclic amines) is 1. The van der Waals surface area contributed by atoms with E-state index in [1.54, 1.807) is 25.7 Å². The van der Waals surface area contributed by atoms with Crippen LogP contribution in [0.3, 0.4) is 0 Å². The Labute approximate surface area is 147 Å². The molecule has 1 amide bonds. The molecule has 0 spiro atoms. The number of ether oxygens (including phenoxy) is 1. The van der Waals surface area contributed by atoms with Gasteiger partial charge in [0.15, 0.2) is 0 Å². The fourth-order valence-electron chi connectivity index (χ4n) is 2.64. The van der Waals surface area contributed by atoms with Gasteiger partial charge in [-0.15, -0.1) is 0 Å². The molecule has 1 fully saturated rings. The third-order valence-electron chi connectivity index (χ3n) is 3.79. The van der Waals surface area contributed by atoms with Crippen LogP contribution in [0.15, 0.2) is 29.2 Å². The highest BCUT2D eigenvalue weighted by Gasteiger charge is 2.34. The SMILES string of the molecule is CC(C)(C)OC(=O)N1CCCC1C[S@](=O)c1ccc(C(F)(F)F)cc1. The summed E-state index contributed by atoms with van der Waals surface area (Å²) in [5, 5.41) is 0. The van der Waals surface area contributed by atoms with Gasteiger partial charge in [-0.1, -0.05) is 0 Å². The summed E-state index contributed by atoms with van der Waals surface area (Å²) in [4.78, 5) is 14.1. The summed E-state index contributed by atoms with van der Waals surface area (Å²) in [5.41, 5.74) is -1.39. The number of amides is 1. The second kappa shape index (κ2) is 7.35. The van der Waals surface area contributed by atoms with Gasteiger partial charge in [-0.3, -0.25) is 4.21 Å². The molecule has 4 nitrogen and oxygen atoms in total.